The number of thiazole rings is 1. The van der Waals surface area contributed by atoms with Gasteiger partial charge in [0.1, 0.15) is 5.01 Å². The Labute approximate surface area is 168 Å². The van der Waals surface area contributed by atoms with E-state index in [0.29, 0.717) is 12.1 Å². The van der Waals surface area contributed by atoms with E-state index < -0.39 is 10.0 Å². The molecule has 1 aromatic heterocycles. The van der Waals surface area contributed by atoms with Crippen molar-refractivity contribution in [2.75, 3.05) is 20.6 Å². The van der Waals surface area contributed by atoms with Gasteiger partial charge in [-0.2, -0.15) is 0 Å². The molecular weight excluding hydrogens is 394 g/mol. The van der Waals surface area contributed by atoms with E-state index in [1.54, 1.807) is 23.5 Å². The molecule has 2 aromatic carbocycles. The Kier molecular flexibility index (Phi) is 4.95. The van der Waals surface area contributed by atoms with Gasteiger partial charge in [0.15, 0.2) is 0 Å². The van der Waals surface area contributed by atoms with Gasteiger partial charge in [-0.25, -0.2) is 17.7 Å². The van der Waals surface area contributed by atoms with Crippen molar-refractivity contribution < 1.29 is 13.2 Å². The van der Waals surface area contributed by atoms with Gasteiger partial charge in [-0.15, -0.1) is 11.3 Å². The van der Waals surface area contributed by atoms with Crippen LogP contribution in [0.2, 0.25) is 0 Å². The zero-order valence-electron chi connectivity index (χ0n) is 15.7. The highest BCUT2D eigenvalue weighted by Gasteiger charge is 2.33. The van der Waals surface area contributed by atoms with Gasteiger partial charge in [0.05, 0.1) is 21.2 Å². The number of sulfonamides is 1. The first-order valence-electron chi connectivity index (χ1n) is 9.07. The van der Waals surface area contributed by atoms with Crippen LogP contribution in [0.4, 0.5) is 0 Å². The average Bonchev–Trinajstić information content (AvgIpc) is 3.33. The van der Waals surface area contributed by atoms with E-state index >= 15 is 0 Å². The summed E-state index contributed by atoms with van der Waals surface area (Å²) in [5, 5.41) is 0.934. The van der Waals surface area contributed by atoms with Crippen molar-refractivity contribution in [1.29, 1.82) is 0 Å². The summed E-state index contributed by atoms with van der Waals surface area (Å²) in [7, 11) is -0.628. The maximum atomic E-state index is 13.2. The van der Waals surface area contributed by atoms with E-state index in [1.807, 2.05) is 29.2 Å². The lowest BCUT2D eigenvalue weighted by Crippen LogP contribution is -2.31. The predicted octanol–water partition coefficient (Wildman–Crippen LogP) is 3.52. The first-order valence-corrected chi connectivity index (χ1v) is 11.3. The maximum Gasteiger partial charge on any atom is 0.254 e. The summed E-state index contributed by atoms with van der Waals surface area (Å²) in [6, 6.07) is 14.2. The quantitative estimate of drug-likeness (QED) is 0.654. The minimum absolute atomic E-state index is 0.0704. The fourth-order valence-electron chi connectivity index (χ4n) is 3.47. The predicted molar refractivity (Wildman–Crippen MR) is 110 cm³/mol. The Morgan fingerprint density at radius 2 is 1.96 bits per heavy atom. The van der Waals surface area contributed by atoms with Crippen molar-refractivity contribution in [2.24, 2.45) is 0 Å². The van der Waals surface area contributed by atoms with E-state index in [1.165, 1.54) is 26.2 Å². The summed E-state index contributed by atoms with van der Waals surface area (Å²) in [6.07, 6.45) is 1.77. The van der Waals surface area contributed by atoms with Crippen LogP contribution in [0.1, 0.15) is 34.2 Å². The summed E-state index contributed by atoms with van der Waals surface area (Å²) in [4.78, 5) is 19.9. The topological polar surface area (TPSA) is 70.6 Å². The van der Waals surface area contributed by atoms with Crippen LogP contribution in [-0.4, -0.2) is 49.2 Å². The van der Waals surface area contributed by atoms with E-state index in [2.05, 4.69) is 0 Å². The highest BCUT2D eigenvalue weighted by Crippen LogP contribution is 2.37. The van der Waals surface area contributed by atoms with Gasteiger partial charge in [-0.3, -0.25) is 4.79 Å². The monoisotopic (exact) mass is 415 g/mol. The molecule has 6 nitrogen and oxygen atoms in total. The molecule has 1 fully saturated rings. The highest BCUT2D eigenvalue weighted by atomic mass is 32.2. The normalized spacial score (nSPS) is 17.5. The van der Waals surface area contributed by atoms with Crippen molar-refractivity contribution in [1.82, 2.24) is 14.2 Å². The molecule has 1 atom stereocenters. The summed E-state index contributed by atoms with van der Waals surface area (Å²) >= 11 is 1.61. The largest absolute Gasteiger partial charge is 0.329 e. The summed E-state index contributed by atoms with van der Waals surface area (Å²) < 4.78 is 27.1. The third kappa shape index (κ3) is 3.32. The first-order chi connectivity index (χ1) is 13.4. The van der Waals surface area contributed by atoms with Crippen LogP contribution in [0.15, 0.2) is 53.4 Å². The number of benzene rings is 2. The number of fused-ring (bicyclic) bond motifs is 1. The molecule has 28 heavy (non-hydrogen) atoms. The van der Waals surface area contributed by atoms with Gasteiger partial charge in [0.25, 0.3) is 5.91 Å². The lowest BCUT2D eigenvalue weighted by Gasteiger charge is -2.23. The smallest absolute Gasteiger partial charge is 0.254 e. The zero-order chi connectivity index (χ0) is 19.9. The van der Waals surface area contributed by atoms with Gasteiger partial charge >= 0.3 is 0 Å². The molecule has 3 aromatic rings. The van der Waals surface area contributed by atoms with Crippen molar-refractivity contribution in [3.63, 3.8) is 0 Å². The lowest BCUT2D eigenvalue weighted by atomic mass is 10.1. The second-order valence-electron chi connectivity index (χ2n) is 6.99. The molecule has 0 aliphatic carbocycles. The number of para-hydroxylation sites is 1. The first kappa shape index (κ1) is 19.0. The molecular formula is C20H21N3O3S2. The van der Waals surface area contributed by atoms with Crippen molar-refractivity contribution in [3.05, 3.63) is 59.1 Å². The van der Waals surface area contributed by atoms with Crippen LogP contribution in [-0.2, 0) is 10.0 Å². The lowest BCUT2D eigenvalue weighted by molar-refractivity contribution is 0.0735. The molecule has 0 bridgehead atoms. The molecule has 1 amide bonds. The molecule has 1 saturated heterocycles. The molecule has 0 N–H and O–H groups in total. The fourth-order valence-corrected chi connectivity index (χ4v) is 5.53. The molecule has 1 aliphatic heterocycles. The third-order valence-corrected chi connectivity index (χ3v) is 7.92. The van der Waals surface area contributed by atoms with Gasteiger partial charge < -0.3 is 4.90 Å². The van der Waals surface area contributed by atoms with Gasteiger partial charge in [0.2, 0.25) is 10.0 Å². The van der Waals surface area contributed by atoms with Gasteiger partial charge in [-0.1, -0.05) is 18.2 Å². The SMILES string of the molecule is CN(C)S(=O)(=O)c1cccc(C(=O)N2CCCC2c2nc3ccccc3s2)c1. The summed E-state index contributed by atoms with van der Waals surface area (Å²) in [5.41, 5.74) is 1.33. The number of hydrogen-bond acceptors (Lipinski definition) is 5. The molecule has 1 unspecified atom stereocenters. The third-order valence-electron chi connectivity index (χ3n) is 4.97. The molecule has 8 heteroatoms. The number of carbonyl (C=O) groups is 1. The van der Waals surface area contributed by atoms with Crippen LogP contribution < -0.4 is 0 Å². The van der Waals surface area contributed by atoms with Crippen molar-refractivity contribution >= 4 is 37.5 Å². The second-order valence-corrected chi connectivity index (χ2v) is 10.2. The number of amides is 1. The Bertz CT molecular complexity index is 1110. The van der Waals surface area contributed by atoms with E-state index in [9.17, 15) is 13.2 Å². The Morgan fingerprint density at radius 1 is 1.18 bits per heavy atom. The van der Waals surface area contributed by atoms with Gasteiger partial charge in [-0.05, 0) is 43.2 Å². The number of carbonyl (C=O) groups excluding carboxylic acids is 1. The molecule has 146 valence electrons. The Balaban J connectivity index is 1.66. The maximum absolute atomic E-state index is 13.2. The summed E-state index contributed by atoms with van der Waals surface area (Å²) in [5.74, 6) is -0.155. The highest BCUT2D eigenvalue weighted by molar-refractivity contribution is 7.89. The minimum Gasteiger partial charge on any atom is -0.329 e. The van der Waals surface area contributed by atoms with E-state index in [-0.39, 0.29) is 16.8 Å². The number of nitrogens with zero attached hydrogens (tertiary/aromatic N) is 3. The average molecular weight is 416 g/mol. The van der Waals surface area contributed by atoms with Gasteiger partial charge in [0, 0.05) is 26.2 Å². The molecule has 0 spiro atoms. The molecule has 1 aliphatic rings. The Morgan fingerprint density at radius 3 is 2.71 bits per heavy atom. The van der Waals surface area contributed by atoms with E-state index in [4.69, 9.17) is 4.98 Å². The van der Waals surface area contributed by atoms with E-state index in [0.717, 1.165) is 32.4 Å². The standard InChI is InChI=1S/C20H21N3O3S2/c1-22(2)28(25,26)15-8-5-7-14(13-15)20(24)23-12-6-10-17(23)19-21-16-9-3-4-11-18(16)27-19/h3-5,7-9,11,13,17H,6,10,12H2,1-2H3. The Hall–Kier alpha value is -2.29. The molecule has 0 saturated carbocycles. The van der Waals surface area contributed by atoms with Crippen molar-refractivity contribution in [2.45, 2.75) is 23.8 Å². The second kappa shape index (κ2) is 7.27. The minimum atomic E-state index is -3.59. The summed E-state index contributed by atoms with van der Waals surface area (Å²) in [6.45, 7) is 0.643. The zero-order valence-corrected chi connectivity index (χ0v) is 17.3. The van der Waals surface area contributed by atoms with Crippen LogP contribution >= 0.6 is 11.3 Å². The van der Waals surface area contributed by atoms with Crippen LogP contribution in [0, 0.1) is 0 Å². The number of rotatable bonds is 4. The van der Waals surface area contributed by atoms with Crippen LogP contribution in [0.3, 0.4) is 0 Å². The van der Waals surface area contributed by atoms with Crippen LogP contribution in [0.25, 0.3) is 10.2 Å². The molecule has 0 radical (unpaired) electrons. The molecule has 4 rings (SSSR count). The number of hydrogen-bond donors (Lipinski definition) is 0. The number of likely N-dealkylation sites (tertiary alicyclic amines) is 1. The molecule has 2 heterocycles. The fraction of sp³-hybridized carbons (Fsp3) is 0.300. The van der Waals surface area contributed by atoms with Crippen LogP contribution in [0.5, 0.6) is 0 Å². The number of aromatic nitrogens is 1. The van der Waals surface area contributed by atoms with Crippen molar-refractivity contribution in [3.8, 4) is 0 Å².